The summed E-state index contributed by atoms with van der Waals surface area (Å²) in [6.07, 6.45) is -3.41. The van der Waals surface area contributed by atoms with Crippen molar-refractivity contribution in [2.45, 2.75) is 51.9 Å². The van der Waals surface area contributed by atoms with Crippen LogP contribution in [0.25, 0.3) is 0 Å². The Morgan fingerprint density at radius 1 is 0.810 bits per heavy atom. The quantitative estimate of drug-likeness (QED) is 0.227. The number of aliphatic hydroxyl groups excluding tert-OH is 2. The summed E-state index contributed by atoms with van der Waals surface area (Å²) in [4.78, 5) is 25.7. The third kappa shape index (κ3) is 9.95. The molecule has 0 bridgehead atoms. The summed E-state index contributed by atoms with van der Waals surface area (Å²) < 4.78 is 15.1. The molecule has 0 aliphatic heterocycles. The lowest BCUT2D eigenvalue weighted by Gasteiger charge is -2.35. The number of aryl methyl sites for hydroxylation is 2. The molecule has 0 saturated heterocycles. The van der Waals surface area contributed by atoms with Gasteiger partial charge in [0.25, 0.3) is 0 Å². The van der Waals surface area contributed by atoms with E-state index in [0.29, 0.717) is 6.42 Å². The van der Waals surface area contributed by atoms with Gasteiger partial charge >= 0.3 is 11.9 Å². The van der Waals surface area contributed by atoms with E-state index in [-0.39, 0.29) is 17.4 Å². The highest BCUT2D eigenvalue weighted by Gasteiger charge is 2.35. The summed E-state index contributed by atoms with van der Waals surface area (Å²) >= 11 is 0. The molecule has 3 rings (SSSR count). The largest absolute Gasteiger partial charge is 0.497 e. The first-order chi connectivity index (χ1) is 19.8. The summed E-state index contributed by atoms with van der Waals surface area (Å²) in [7, 11) is 5.70. The van der Waals surface area contributed by atoms with Crippen molar-refractivity contribution in [1.29, 1.82) is 0 Å². The summed E-state index contributed by atoms with van der Waals surface area (Å²) in [5.41, 5.74) is 2.06. The Labute approximate surface area is 248 Å². The smallest absolute Gasteiger partial charge is 0.343 e. The molecule has 0 heterocycles. The fraction of sp³-hybridized carbons (Fsp3) is 0.394. The van der Waals surface area contributed by atoms with Crippen LogP contribution in [0, 0.1) is 19.8 Å². The number of aliphatic hydroxyl groups is 3. The van der Waals surface area contributed by atoms with E-state index >= 15 is 0 Å². The van der Waals surface area contributed by atoms with E-state index in [2.05, 4.69) is 11.8 Å². The van der Waals surface area contributed by atoms with E-state index in [4.69, 9.17) is 14.2 Å². The zero-order chi connectivity index (χ0) is 31.4. The van der Waals surface area contributed by atoms with E-state index in [9.17, 15) is 24.9 Å². The summed E-state index contributed by atoms with van der Waals surface area (Å²) in [5.74, 6) is -0.951. The molecule has 9 heteroatoms. The van der Waals surface area contributed by atoms with Crippen LogP contribution in [0.3, 0.4) is 0 Å². The van der Waals surface area contributed by atoms with Gasteiger partial charge < -0.3 is 34.4 Å². The second-order valence-corrected chi connectivity index (χ2v) is 10.5. The van der Waals surface area contributed by atoms with Gasteiger partial charge in [-0.05, 0) is 76.3 Å². The zero-order valence-electron chi connectivity index (χ0n) is 25.4. The first kappa shape index (κ1) is 34.4. The van der Waals surface area contributed by atoms with Gasteiger partial charge in [-0.1, -0.05) is 61.4 Å². The number of nitrogens with zero attached hydrogens (tertiary/aromatic N) is 1. The molecule has 3 aromatic carbocycles. The van der Waals surface area contributed by atoms with Crippen molar-refractivity contribution in [2.75, 3.05) is 27.7 Å². The van der Waals surface area contributed by atoms with Crippen molar-refractivity contribution in [2.24, 2.45) is 5.92 Å². The van der Waals surface area contributed by atoms with Gasteiger partial charge in [-0.3, -0.25) is 0 Å². The normalized spacial score (nSPS) is 14.5. The maximum absolute atomic E-state index is 11.8. The highest BCUT2D eigenvalue weighted by atomic mass is 16.6. The Morgan fingerprint density at radius 2 is 1.26 bits per heavy atom. The van der Waals surface area contributed by atoms with Crippen LogP contribution in [0.15, 0.2) is 72.8 Å². The Hall–Kier alpha value is -3.76. The summed E-state index contributed by atoms with van der Waals surface area (Å²) in [6, 6.07) is 20.8. The van der Waals surface area contributed by atoms with E-state index in [0.717, 1.165) is 29.0 Å². The van der Waals surface area contributed by atoms with Crippen LogP contribution < -0.4 is 14.2 Å². The maximum Gasteiger partial charge on any atom is 0.343 e. The zero-order valence-corrected chi connectivity index (χ0v) is 25.4. The first-order valence-corrected chi connectivity index (χ1v) is 13.7. The number of esters is 2. The fourth-order valence-electron chi connectivity index (χ4n) is 4.25. The average Bonchev–Trinajstić information content (AvgIpc) is 2.98. The van der Waals surface area contributed by atoms with Crippen LogP contribution in [-0.4, -0.2) is 72.1 Å². The maximum atomic E-state index is 11.8. The molecule has 0 saturated carbocycles. The van der Waals surface area contributed by atoms with Gasteiger partial charge in [-0.25, -0.2) is 9.59 Å². The molecule has 3 N–H and O–H groups in total. The molecule has 0 radical (unpaired) electrons. The first-order valence-electron chi connectivity index (χ1n) is 13.7. The van der Waals surface area contributed by atoms with Gasteiger partial charge in [-0.15, -0.1) is 0 Å². The fourth-order valence-corrected chi connectivity index (χ4v) is 4.25. The van der Waals surface area contributed by atoms with Crippen molar-refractivity contribution in [3.63, 3.8) is 0 Å². The van der Waals surface area contributed by atoms with Crippen LogP contribution in [-0.2, 0) is 15.2 Å². The van der Waals surface area contributed by atoms with Crippen molar-refractivity contribution in [3.8, 4) is 17.2 Å². The van der Waals surface area contributed by atoms with Gasteiger partial charge in [0, 0.05) is 12.5 Å². The standard InChI is InChI=1S/C18H18O6.C15H25NO2/c1-11-3-7-13(8-4-11)23-17(21)15(19)16(20)18(22)24-14-9-5-12(2)6-10-14;1-6-15(17,12(2)11-16(3)4)13-8-7-9-14(10-13)18-5/h3-10,15-16,19-20H,1-2H3;7-10,12,17H,6,11H2,1-5H3/t15-,16-;12-,15+/m00/s1. The van der Waals surface area contributed by atoms with Crippen molar-refractivity contribution < 1.29 is 39.1 Å². The molecule has 0 spiro atoms. The van der Waals surface area contributed by atoms with E-state index in [1.165, 1.54) is 24.3 Å². The SMILES string of the molecule is CC[C@](O)(c1cccc(OC)c1)[C@@H](C)CN(C)C.Cc1ccc(OC(=O)[C@@H](O)[C@H](O)C(=O)Oc2ccc(C)cc2)cc1. The highest BCUT2D eigenvalue weighted by Crippen LogP contribution is 2.35. The van der Waals surface area contributed by atoms with Crippen LogP contribution in [0.1, 0.15) is 37.0 Å². The summed E-state index contributed by atoms with van der Waals surface area (Å²) in [6.45, 7) is 8.69. The third-order valence-electron chi connectivity index (χ3n) is 6.82. The number of benzene rings is 3. The van der Waals surface area contributed by atoms with Gasteiger partial charge in [0.2, 0.25) is 0 Å². The predicted octanol–water partition coefficient (Wildman–Crippen LogP) is 4.03. The lowest BCUT2D eigenvalue weighted by molar-refractivity contribution is -0.162. The molecule has 228 valence electrons. The van der Waals surface area contributed by atoms with Crippen molar-refractivity contribution in [3.05, 3.63) is 89.5 Å². The molecule has 0 aliphatic carbocycles. The molecular formula is C33H43NO8. The average molecular weight is 582 g/mol. The number of hydrogen-bond acceptors (Lipinski definition) is 9. The van der Waals surface area contributed by atoms with E-state index < -0.39 is 29.7 Å². The Bertz CT molecular complexity index is 1210. The van der Waals surface area contributed by atoms with E-state index in [1.807, 2.05) is 59.1 Å². The van der Waals surface area contributed by atoms with Gasteiger partial charge in [0.05, 0.1) is 12.7 Å². The lowest BCUT2D eigenvalue weighted by atomic mass is 9.80. The van der Waals surface area contributed by atoms with Gasteiger partial charge in [0.1, 0.15) is 17.2 Å². The lowest BCUT2D eigenvalue weighted by Crippen LogP contribution is -2.43. The Kier molecular flexibility index (Phi) is 13.1. The molecule has 0 unspecified atom stereocenters. The molecule has 3 aromatic rings. The Balaban J connectivity index is 0.000000307. The van der Waals surface area contributed by atoms with Gasteiger partial charge in [0.15, 0.2) is 12.2 Å². The minimum Gasteiger partial charge on any atom is -0.497 e. The van der Waals surface area contributed by atoms with Crippen molar-refractivity contribution >= 4 is 11.9 Å². The second kappa shape index (κ2) is 16.0. The number of rotatable bonds is 11. The topological polar surface area (TPSA) is 126 Å². The molecule has 0 aliphatic rings. The number of methoxy groups -OCH3 is 1. The van der Waals surface area contributed by atoms with Crippen molar-refractivity contribution in [1.82, 2.24) is 4.90 Å². The van der Waals surface area contributed by atoms with E-state index in [1.54, 1.807) is 31.4 Å². The van der Waals surface area contributed by atoms with Gasteiger partial charge in [-0.2, -0.15) is 0 Å². The molecule has 0 fully saturated rings. The van der Waals surface area contributed by atoms with Crippen LogP contribution >= 0.6 is 0 Å². The predicted molar refractivity (Wildman–Crippen MR) is 161 cm³/mol. The third-order valence-corrected chi connectivity index (χ3v) is 6.82. The molecule has 4 atom stereocenters. The molecule has 42 heavy (non-hydrogen) atoms. The second-order valence-electron chi connectivity index (χ2n) is 10.5. The molecule has 0 aromatic heterocycles. The van der Waals surface area contributed by atoms with Crippen LogP contribution in [0.5, 0.6) is 17.2 Å². The monoisotopic (exact) mass is 581 g/mol. The number of hydrogen-bond donors (Lipinski definition) is 3. The highest BCUT2D eigenvalue weighted by molar-refractivity contribution is 5.87. The minimum absolute atomic E-state index is 0.157. The Morgan fingerprint density at radius 3 is 1.64 bits per heavy atom. The van der Waals surface area contributed by atoms with Crippen LogP contribution in [0.4, 0.5) is 0 Å². The van der Waals surface area contributed by atoms with Crippen LogP contribution in [0.2, 0.25) is 0 Å². The number of ether oxygens (including phenoxy) is 3. The summed E-state index contributed by atoms with van der Waals surface area (Å²) in [5, 5.41) is 30.5. The minimum atomic E-state index is -2.05. The molecule has 0 amide bonds. The number of carbonyl (C=O) groups is 2. The molecular weight excluding hydrogens is 538 g/mol. The molecule has 9 nitrogen and oxygen atoms in total. The number of carbonyl (C=O) groups excluding carboxylic acids is 2.